The quantitative estimate of drug-likeness (QED) is 0.167. The molecule has 0 bridgehead atoms. The van der Waals surface area contributed by atoms with Crippen LogP contribution >= 0.6 is 0 Å². The van der Waals surface area contributed by atoms with Crippen molar-refractivity contribution in [3.05, 3.63) is 206 Å². The van der Waals surface area contributed by atoms with E-state index < -0.39 is 0 Å². The molecule has 0 saturated heterocycles. The summed E-state index contributed by atoms with van der Waals surface area (Å²) in [6.45, 7) is 0. The predicted molar refractivity (Wildman–Crippen MR) is 256 cm³/mol. The van der Waals surface area contributed by atoms with Crippen LogP contribution in [0.5, 0.6) is 0 Å². The Morgan fingerprint density at radius 1 is 0.317 bits per heavy atom. The van der Waals surface area contributed by atoms with E-state index in [0.717, 1.165) is 88.4 Å². The van der Waals surface area contributed by atoms with Gasteiger partial charge in [0.15, 0.2) is 23.1 Å². The van der Waals surface area contributed by atoms with Crippen molar-refractivity contribution in [3.8, 4) is 62.1 Å². The first-order chi connectivity index (χ1) is 31.2. The number of benzene rings is 9. The smallest absolute Gasteiger partial charge is 0.164 e. The molecule has 6 nitrogen and oxygen atoms in total. The summed E-state index contributed by atoms with van der Waals surface area (Å²) in [5, 5.41) is 6.25. The molecule has 0 spiro atoms. The van der Waals surface area contributed by atoms with Crippen LogP contribution in [0.15, 0.2) is 215 Å². The zero-order chi connectivity index (χ0) is 41.4. The highest BCUT2D eigenvalue weighted by atomic mass is 16.3. The third kappa shape index (κ3) is 5.62. The minimum atomic E-state index is 0.555. The van der Waals surface area contributed by atoms with E-state index >= 15 is 0 Å². The first-order valence-corrected chi connectivity index (χ1v) is 21.1. The van der Waals surface area contributed by atoms with Crippen LogP contribution < -0.4 is 0 Å². The summed E-state index contributed by atoms with van der Waals surface area (Å²) in [6, 6.07) is 71.4. The van der Waals surface area contributed by atoms with Gasteiger partial charge in [-0.15, -0.1) is 0 Å². The van der Waals surface area contributed by atoms with E-state index in [-0.39, 0.29) is 0 Å². The Labute approximate surface area is 361 Å². The van der Waals surface area contributed by atoms with Crippen LogP contribution in [0.4, 0.5) is 0 Å². The SMILES string of the molecule is c1ccc(-c2ccc3c(c2)oc2cccc(-c4nc(-c5ccccc5)nc(-c5cccc6oc7c(-n8c9ccccc9c9cc(-c%10ccccc%10)ccc98)cccc7c56)n4)c23)cc1. The molecule has 0 atom stereocenters. The van der Waals surface area contributed by atoms with Crippen molar-refractivity contribution in [2.45, 2.75) is 0 Å². The standard InChI is InChI=1S/C57H34N4O2/c1-4-15-35(16-5-1)38-30-32-47-45(33-38)40-21-10-11-25-46(40)61(47)48-26-12-22-42-53-44(24-14-28-50(53)63-54(42)48)57-59-55(37-19-8-3-9-20-37)58-56(60-57)43-23-13-27-49-52(43)41-31-29-39(34-51(41)62-49)36-17-6-2-7-18-36/h1-34H. The van der Waals surface area contributed by atoms with Gasteiger partial charge in [0.25, 0.3) is 0 Å². The van der Waals surface area contributed by atoms with Gasteiger partial charge in [-0.1, -0.05) is 158 Å². The summed E-state index contributed by atoms with van der Waals surface area (Å²) in [5.74, 6) is 1.70. The van der Waals surface area contributed by atoms with Crippen LogP contribution in [0, 0.1) is 0 Å². The number of hydrogen-bond acceptors (Lipinski definition) is 5. The number of furan rings is 2. The number of nitrogens with zero attached hydrogens (tertiary/aromatic N) is 4. The van der Waals surface area contributed by atoms with Gasteiger partial charge >= 0.3 is 0 Å². The van der Waals surface area contributed by atoms with E-state index in [1.165, 1.54) is 21.9 Å². The minimum absolute atomic E-state index is 0.555. The molecule has 0 unspecified atom stereocenters. The summed E-state index contributed by atoms with van der Waals surface area (Å²) in [6.07, 6.45) is 0. The predicted octanol–water partition coefficient (Wildman–Crippen LogP) is 15.1. The van der Waals surface area contributed by atoms with Crippen LogP contribution in [0.1, 0.15) is 0 Å². The normalized spacial score (nSPS) is 11.8. The number of fused-ring (bicyclic) bond motifs is 9. The van der Waals surface area contributed by atoms with Crippen molar-refractivity contribution < 1.29 is 8.83 Å². The maximum Gasteiger partial charge on any atom is 0.164 e. The molecule has 13 aromatic rings. The number of rotatable bonds is 6. The lowest BCUT2D eigenvalue weighted by Gasteiger charge is -2.10. The van der Waals surface area contributed by atoms with E-state index in [4.69, 9.17) is 23.8 Å². The lowest BCUT2D eigenvalue weighted by Crippen LogP contribution is -2.00. The average molecular weight is 807 g/mol. The van der Waals surface area contributed by atoms with Crippen LogP contribution in [-0.2, 0) is 0 Å². The van der Waals surface area contributed by atoms with Crippen LogP contribution in [0.3, 0.4) is 0 Å². The van der Waals surface area contributed by atoms with E-state index in [1.54, 1.807) is 0 Å². The Balaban J connectivity index is 1.01. The van der Waals surface area contributed by atoms with Gasteiger partial charge in [0.1, 0.15) is 16.7 Å². The molecule has 0 radical (unpaired) electrons. The molecule has 63 heavy (non-hydrogen) atoms. The summed E-state index contributed by atoms with van der Waals surface area (Å²) in [5.41, 5.74) is 13.5. The zero-order valence-electron chi connectivity index (χ0n) is 33.7. The topological polar surface area (TPSA) is 69.9 Å². The molecule has 0 N–H and O–H groups in total. The molecule has 0 saturated carbocycles. The van der Waals surface area contributed by atoms with Crippen LogP contribution in [0.25, 0.3) is 128 Å². The van der Waals surface area contributed by atoms with Crippen molar-refractivity contribution >= 4 is 65.7 Å². The lowest BCUT2D eigenvalue weighted by atomic mass is 10.0. The second-order valence-corrected chi connectivity index (χ2v) is 15.9. The molecule has 0 aliphatic carbocycles. The van der Waals surface area contributed by atoms with Gasteiger partial charge in [-0.25, -0.2) is 15.0 Å². The number of hydrogen-bond donors (Lipinski definition) is 0. The van der Waals surface area contributed by atoms with E-state index in [1.807, 2.05) is 60.7 Å². The Morgan fingerprint density at radius 2 is 0.857 bits per heavy atom. The van der Waals surface area contributed by atoms with Gasteiger partial charge in [-0.3, -0.25) is 0 Å². The molecule has 0 aliphatic heterocycles. The van der Waals surface area contributed by atoms with E-state index in [9.17, 15) is 0 Å². The Kier molecular flexibility index (Phi) is 7.80. The fraction of sp³-hybridized carbons (Fsp3) is 0. The second kappa shape index (κ2) is 14.0. The minimum Gasteiger partial charge on any atom is -0.456 e. The van der Waals surface area contributed by atoms with Gasteiger partial charge < -0.3 is 13.4 Å². The molecular weight excluding hydrogens is 773 g/mol. The van der Waals surface area contributed by atoms with Crippen molar-refractivity contribution in [1.82, 2.24) is 19.5 Å². The molecule has 4 heterocycles. The highest BCUT2D eigenvalue weighted by Crippen LogP contribution is 2.43. The third-order valence-electron chi connectivity index (χ3n) is 12.3. The summed E-state index contributed by atoms with van der Waals surface area (Å²) in [4.78, 5) is 15.7. The van der Waals surface area contributed by atoms with Gasteiger partial charge in [0.05, 0.1) is 16.7 Å². The maximum absolute atomic E-state index is 6.92. The monoisotopic (exact) mass is 806 g/mol. The van der Waals surface area contributed by atoms with Crippen molar-refractivity contribution in [1.29, 1.82) is 0 Å². The molecule has 6 heteroatoms. The molecule has 0 fully saturated rings. The van der Waals surface area contributed by atoms with Gasteiger partial charge in [0.2, 0.25) is 0 Å². The first-order valence-electron chi connectivity index (χ1n) is 21.1. The van der Waals surface area contributed by atoms with Gasteiger partial charge in [0, 0.05) is 49.0 Å². The van der Waals surface area contributed by atoms with Crippen LogP contribution in [-0.4, -0.2) is 19.5 Å². The summed E-state index contributed by atoms with van der Waals surface area (Å²) >= 11 is 0. The fourth-order valence-corrected chi connectivity index (χ4v) is 9.39. The number of aromatic nitrogens is 4. The van der Waals surface area contributed by atoms with Gasteiger partial charge in [-0.2, -0.15) is 0 Å². The molecule has 294 valence electrons. The summed E-state index contributed by atoms with van der Waals surface area (Å²) in [7, 11) is 0. The second-order valence-electron chi connectivity index (χ2n) is 15.9. The third-order valence-corrected chi connectivity index (χ3v) is 12.3. The molecule has 0 amide bonds. The van der Waals surface area contributed by atoms with E-state index in [0.29, 0.717) is 17.5 Å². The average Bonchev–Trinajstić information content (AvgIpc) is 4.04. The first kappa shape index (κ1) is 35.2. The number of para-hydroxylation sites is 2. The molecule has 0 aliphatic rings. The lowest BCUT2D eigenvalue weighted by molar-refractivity contribution is 0.666. The zero-order valence-corrected chi connectivity index (χ0v) is 33.7. The molecular formula is C57H34N4O2. The highest BCUT2D eigenvalue weighted by Gasteiger charge is 2.23. The summed E-state index contributed by atoms with van der Waals surface area (Å²) < 4.78 is 15.8. The van der Waals surface area contributed by atoms with E-state index in [2.05, 4.69) is 150 Å². The fourth-order valence-electron chi connectivity index (χ4n) is 9.39. The molecule has 13 rings (SSSR count). The van der Waals surface area contributed by atoms with Gasteiger partial charge in [-0.05, 0) is 70.8 Å². The molecule has 4 aromatic heterocycles. The Hall–Kier alpha value is -8.61. The largest absolute Gasteiger partial charge is 0.456 e. The Bertz CT molecular complexity index is 3900. The maximum atomic E-state index is 6.92. The highest BCUT2D eigenvalue weighted by molar-refractivity contribution is 6.17. The van der Waals surface area contributed by atoms with Crippen molar-refractivity contribution in [3.63, 3.8) is 0 Å². The molecule has 9 aromatic carbocycles. The Morgan fingerprint density at radius 3 is 1.57 bits per heavy atom. The van der Waals surface area contributed by atoms with Crippen LogP contribution in [0.2, 0.25) is 0 Å². The van der Waals surface area contributed by atoms with Crippen molar-refractivity contribution in [2.75, 3.05) is 0 Å². The van der Waals surface area contributed by atoms with Crippen molar-refractivity contribution in [2.24, 2.45) is 0 Å².